The molecule has 0 bridgehead atoms. The third-order valence-electron chi connectivity index (χ3n) is 5.50. The summed E-state index contributed by atoms with van der Waals surface area (Å²) in [5.74, 6) is -0.0152. The molecule has 2 aliphatic rings. The molecule has 1 saturated heterocycles. The molecule has 3 rings (SSSR count). The lowest BCUT2D eigenvalue weighted by atomic mass is 10.1. The number of para-hydroxylation sites is 1. The van der Waals surface area contributed by atoms with E-state index in [0.29, 0.717) is 19.4 Å². The van der Waals surface area contributed by atoms with Crippen LogP contribution in [0.3, 0.4) is 0 Å². The third kappa shape index (κ3) is 4.44. The average Bonchev–Trinajstić information content (AvgIpc) is 2.86. The van der Waals surface area contributed by atoms with E-state index in [0.717, 1.165) is 24.2 Å². The van der Waals surface area contributed by atoms with Crippen LogP contribution < -0.4 is 10.2 Å². The molecule has 0 spiro atoms. The Morgan fingerprint density at radius 1 is 1.12 bits per heavy atom. The lowest BCUT2D eigenvalue weighted by Crippen LogP contribution is -2.48. The second-order valence-electron chi connectivity index (χ2n) is 7.37. The molecule has 0 unspecified atom stereocenters. The Balaban J connectivity index is 1.51. The molecule has 0 radical (unpaired) electrons. The highest BCUT2D eigenvalue weighted by molar-refractivity contribution is 6.03. The summed E-state index contributed by atoms with van der Waals surface area (Å²) in [6, 6.07) is 7.44. The maximum atomic E-state index is 12.7. The molecule has 1 aromatic rings. The fourth-order valence-electron chi connectivity index (χ4n) is 4.07. The van der Waals surface area contributed by atoms with Crippen LogP contribution in [0.15, 0.2) is 24.3 Å². The molecule has 0 saturated carbocycles. The zero-order chi connectivity index (χ0) is 18.4. The van der Waals surface area contributed by atoms with Gasteiger partial charge in [-0.05, 0) is 50.5 Å². The summed E-state index contributed by atoms with van der Waals surface area (Å²) in [6.45, 7) is 5.94. The number of hydrogen-bond donors (Lipinski definition) is 1. The van der Waals surface area contributed by atoms with Crippen molar-refractivity contribution < 1.29 is 9.59 Å². The molecule has 26 heavy (non-hydrogen) atoms. The predicted octanol–water partition coefficient (Wildman–Crippen LogP) is 2.74. The van der Waals surface area contributed by atoms with Gasteiger partial charge >= 0.3 is 0 Å². The summed E-state index contributed by atoms with van der Waals surface area (Å²) >= 11 is 0. The fourth-order valence-corrected chi connectivity index (χ4v) is 4.07. The van der Waals surface area contributed by atoms with Gasteiger partial charge in [-0.15, -0.1) is 0 Å². The lowest BCUT2D eigenvalue weighted by molar-refractivity contribution is -0.126. The minimum atomic E-state index is -0.405. The van der Waals surface area contributed by atoms with Crippen molar-refractivity contribution in [2.45, 2.75) is 57.9 Å². The smallest absolute Gasteiger partial charge is 0.243 e. The Kier molecular flexibility index (Phi) is 6.67. The SMILES string of the molecule is CCC(=O)N1c2ccccc2C[C@@H]1C(=O)NCCCN1CCCCCC1. The van der Waals surface area contributed by atoms with Crippen LogP contribution in [0.5, 0.6) is 0 Å². The van der Waals surface area contributed by atoms with Gasteiger partial charge in [0.1, 0.15) is 6.04 Å². The van der Waals surface area contributed by atoms with Crippen molar-refractivity contribution in [3.63, 3.8) is 0 Å². The van der Waals surface area contributed by atoms with Crippen LogP contribution in [0.25, 0.3) is 0 Å². The van der Waals surface area contributed by atoms with E-state index in [1.54, 1.807) is 4.90 Å². The second kappa shape index (κ2) is 9.17. The highest BCUT2D eigenvalue weighted by Crippen LogP contribution is 2.32. The number of anilines is 1. The first-order valence-electron chi connectivity index (χ1n) is 10.1. The van der Waals surface area contributed by atoms with E-state index >= 15 is 0 Å². The molecule has 1 aromatic carbocycles. The maximum absolute atomic E-state index is 12.7. The van der Waals surface area contributed by atoms with E-state index in [2.05, 4.69) is 10.2 Å². The molecule has 1 N–H and O–H groups in total. The minimum absolute atomic E-state index is 0.0136. The summed E-state index contributed by atoms with van der Waals surface area (Å²) in [7, 11) is 0. The molecule has 142 valence electrons. The molecule has 5 nitrogen and oxygen atoms in total. The number of carbonyl (C=O) groups excluding carboxylic acids is 2. The van der Waals surface area contributed by atoms with E-state index in [9.17, 15) is 9.59 Å². The summed E-state index contributed by atoms with van der Waals surface area (Å²) < 4.78 is 0. The molecule has 2 aliphatic heterocycles. The molecule has 0 aromatic heterocycles. The molecule has 1 atom stereocenters. The largest absolute Gasteiger partial charge is 0.354 e. The molecule has 1 fully saturated rings. The van der Waals surface area contributed by atoms with Crippen molar-refractivity contribution in [3.05, 3.63) is 29.8 Å². The monoisotopic (exact) mass is 357 g/mol. The highest BCUT2D eigenvalue weighted by Gasteiger charge is 2.37. The lowest BCUT2D eigenvalue weighted by Gasteiger charge is -2.25. The Bertz CT molecular complexity index is 623. The van der Waals surface area contributed by atoms with Crippen molar-refractivity contribution in [3.8, 4) is 0 Å². The first-order valence-corrected chi connectivity index (χ1v) is 10.1. The fraction of sp³-hybridized carbons (Fsp3) is 0.619. The van der Waals surface area contributed by atoms with Gasteiger partial charge in [-0.2, -0.15) is 0 Å². The number of rotatable bonds is 6. The average molecular weight is 357 g/mol. The van der Waals surface area contributed by atoms with Gasteiger partial charge in [0.2, 0.25) is 11.8 Å². The van der Waals surface area contributed by atoms with Gasteiger partial charge in [0.05, 0.1) is 0 Å². The number of nitrogens with zero attached hydrogens (tertiary/aromatic N) is 2. The Morgan fingerprint density at radius 3 is 2.58 bits per heavy atom. The van der Waals surface area contributed by atoms with Gasteiger partial charge in [-0.25, -0.2) is 0 Å². The number of amides is 2. The van der Waals surface area contributed by atoms with Crippen LogP contribution in [0.1, 0.15) is 51.0 Å². The molecular formula is C21H31N3O2. The Hall–Kier alpha value is -1.88. The van der Waals surface area contributed by atoms with Gasteiger partial charge in [-0.1, -0.05) is 38.0 Å². The van der Waals surface area contributed by atoms with Gasteiger partial charge in [0.15, 0.2) is 0 Å². The van der Waals surface area contributed by atoms with Crippen LogP contribution >= 0.6 is 0 Å². The van der Waals surface area contributed by atoms with Crippen molar-refractivity contribution in [2.24, 2.45) is 0 Å². The van der Waals surface area contributed by atoms with Crippen LogP contribution in [0.4, 0.5) is 5.69 Å². The molecular weight excluding hydrogens is 326 g/mol. The Labute approximate surface area is 156 Å². The normalized spacial score (nSPS) is 20.5. The summed E-state index contributed by atoms with van der Waals surface area (Å²) in [6.07, 6.45) is 7.26. The van der Waals surface area contributed by atoms with Gasteiger partial charge in [0, 0.05) is 25.1 Å². The quantitative estimate of drug-likeness (QED) is 0.797. The van der Waals surface area contributed by atoms with E-state index in [1.807, 2.05) is 31.2 Å². The van der Waals surface area contributed by atoms with Crippen LogP contribution in [0.2, 0.25) is 0 Å². The van der Waals surface area contributed by atoms with Crippen LogP contribution in [-0.4, -0.2) is 48.9 Å². The van der Waals surface area contributed by atoms with Crippen molar-refractivity contribution in [2.75, 3.05) is 31.1 Å². The molecule has 0 aliphatic carbocycles. The van der Waals surface area contributed by atoms with Crippen molar-refractivity contribution in [1.82, 2.24) is 10.2 Å². The third-order valence-corrected chi connectivity index (χ3v) is 5.50. The van der Waals surface area contributed by atoms with Crippen LogP contribution in [-0.2, 0) is 16.0 Å². The number of hydrogen-bond acceptors (Lipinski definition) is 3. The first-order chi connectivity index (χ1) is 12.7. The zero-order valence-corrected chi connectivity index (χ0v) is 15.9. The van der Waals surface area contributed by atoms with Gasteiger partial charge in [-0.3, -0.25) is 14.5 Å². The van der Waals surface area contributed by atoms with E-state index in [-0.39, 0.29) is 11.8 Å². The number of fused-ring (bicyclic) bond motifs is 1. The molecule has 5 heteroatoms. The zero-order valence-electron chi connectivity index (χ0n) is 15.9. The van der Waals surface area contributed by atoms with E-state index < -0.39 is 6.04 Å². The summed E-state index contributed by atoms with van der Waals surface area (Å²) in [5, 5.41) is 3.06. The van der Waals surface area contributed by atoms with E-state index in [4.69, 9.17) is 0 Å². The second-order valence-corrected chi connectivity index (χ2v) is 7.37. The topological polar surface area (TPSA) is 52.7 Å². The first kappa shape index (κ1) is 18.9. The summed E-state index contributed by atoms with van der Waals surface area (Å²) in [5.41, 5.74) is 1.98. The number of nitrogens with one attached hydrogen (secondary N) is 1. The molecule has 2 amide bonds. The Morgan fingerprint density at radius 2 is 1.85 bits per heavy atom. The van der Waals surface area contributed by atoms with E-state index in [1.165, 1.54) is 38.8 Å². The number of benzene rings is 1. The molecule has 2 heterocycles. The highest BCUT2D eigenvalue weighted by atomic mass is 16.2. The standard InChI is InChI=1S/C21H31N3O2/c1-2-20(25)24-18-11-6-5-10-17(18)16-19(24)21(26)22-12-9-15-23-13-7-3-4-8-14-23/h5-6,10-11,19H,2-4,7-9,12-16H2,1H3,(H,22,26)/t19-/m1/s1. The number of likely N-dealkylation sites (tertiary alicyclic amines) is 1. The minimum Gasteiger partial charge on any atom is -0.354 e. The van der Waals surface area contributed by atoms with Gasteiger partial charge < -0.3 is 10.2 Å². The van der Waals surface area contributed by atoms with Gasteiger partial charge in [0.25, 0.3) is 0 Å². The van der Waals surface area contributed by atoms with Crippen molar-refractivity contribution in [1.29, 1.82) is 0 Å². The maximum Gasteiger partial charge on any atom is 0.243 e. The summed E-state index contributed by atoms with van der Waals surface area (Å²) in [4.78, 5) is 29.3. The predicted molar refractivity (Wildman–Crippen MR) is 104 cm³/mol. The number of carbonyl (C=O) groups is 2. The van der Waals surface area contributed by atoms with Crippen LogP contribution in [0, 0.1) is 0 Å². The van der Waals surface area contributed by atoms with Crippen molar-refractivity contribution >= 4 is 17.5 Å².